The van der Waals surface area contributed by atoms with Crippen molar-refractivity contribution in [2.24, 2.45) is 0 Å². The zero-order chi connectivity index (χ0) is 14.9. The number of benzene rings is 1. The molecule has 0 unspecified atom stereocenters. The summed E-state index contributed by atoms with van der Waals surface area (Å²) in [6.45, 7) is 8.66. The van der Waals surface area contributed by atoms with Gasteiger partial charge in [0.05, 0.1) is 13.2 Å². The van der Waals surface area contributed by atoms with E-state index in [0.29, 0.717) is 13.2 Å². The highest BCUT2D eigenvalue weighted by atomic mass is 19.1. The summed E-state index contributed by atoms with van der Waals surface area (Å²) in [5.41, 5.74) is 0.880. The van der Waals surface area contributed by atoms with Gasteiger partial charge in [0.2, 0.25) is 0 Å². The first-order valence-electron chi connectivity index (χ1n) is 7.71. The van der Waals surface area contributed by atoms with Crippen molar-refractivity contribution in [3.63, 3.8) is 0 Å². The van der Waals surface area contributed by atoms with Crippen LogP contribution in [0.2, 0.25) is 0 Å². The van der Waals surface area contributed by atoms with Crippen molar-refractivity contribution in [3.8, 4) is 5.75 Å². The van der Waals surface area contributed by atoms with E-state index in [2.05, 4.69) is 17.1 Å². The molecule has 1 N–H and O–H groups in total. The smallest absolute Gasteiger partial charge is 0.124 e. The highest BCUT2D eigenvalue weighted by Crippen LogP contribution is 2.19. The summed E-state index contributed by atoms with van der Waals surface area (Å²) < 4.78 is 24.5. The number of ether oxygens (including phenoxy) is 2. The van der Waals surface area contributed by atoms with Crippen LogP contribution in [0, 0.1) is 5.82 Å². The van der Waals surface area contributed by atoms with Crippen LogP contribution in [0.25, 0.3) is 0 Å². The lowest BCUT2D eigenvalue weighted by Crippen LogP contribution is -2.38. The maximum absolute atomic E-state index is 13.4. The van der Waals surface area contributed by atoms with E-state index in [1.807, 2.05) is 0 Å². The van der Waals surface area contributed by atoms with Gasteiger partial charge in [-0.15, -0.1) is 0 Å². The summed E-state index contributed by atoms with van der Waals surface area (Å²) in [4.78, 5) is 2.32. The van der Waals surface area contributed by atoms with Gasteiger partial charge in [-0.25, -0.2) is 4.39 Å². The molecule has 118 valence electrons. The van der Waals surface area contributed by atoms with Gasteiger partial charge in [0, 0.05) is 31.7 Å². The fraction of sp³-hybridized carbons (Fsp3) is 0.625. The Bertz CT molecular complexity index is 423. The number of halogens is 1. The Morgan fingerprint density at radius 2 is 2.14 bits per heavy atom. The van der Waals surface area contributed by atoms with Gasteiger partial charge in [-0.1, -0.05) is 6.92 Å². The molecule has 1 aromatic carbocycles. The van der Waals surface area contributed by atoms with E-state index in [0.717, 1.165) is 57.1 Å². The summed E-state index contributed by atoms with van der Waals surface area (Å²) >= 11 is 0. The van der Waals surface area contributed by atoms with E-state index in [-0.39, 0.29) is 5.82 Å². The van der Waals surface area contributed by atoms with Crippen LogP contribution >= 0.6 is 0 Å². The number of rotatable bonds is 8. The lowest BCUT2D eigenvalue weighted by atomic mass is 10.2. The average molecular weight is 296 g/mol. The fourth-order valence-corrected chi connectivity index (χ4v) is 2.34. The third-order valence-electron chi connectivity index (χ3n) is 3.53. The summed E-state index contributed by atoms with van der Waals surface area (Å²) in [7, 11) is 0. The molecule has 5 heteroatoms. The molecule has 0 aliphatic carbocycles. The first-order chi connectivity index (χ1) is 10.3. The number of nitrogens with one attached hydrogen (secondary N) is 1. The van der Waals surface area contributed by atoms with Crippen molar-refractivity contribution in [2.75, 3.05) is 46.0 Å². The van der Waals surface area contributed by atoms with Gasteiger partial charge in [-0.05, 0) is 31.2 Å². The minimum Gasteiger partial charge on any atom is -0.492 e. The van der Waals surface area contributed by atoms with Crippen LogP contribution < -0.4 is 10.1 Å². The molecule has 21 heavy (non-hydrogen) atoms. The maximum Gasteiger partial charge on any atom is 0.124 e. The Labute approximate surface area is 126 Å². The van der Waals surface area contributed by atoms with Crippen LogP contribution in [0.3, 0.4) is 0 Å². The number of hydrogen-bond acceptors (Lipinski definition) is 4. The predicted molar refractivity (Wildman–Crippen MR) is 81.2 cm³/mol. The van der Waals surface area contributed by atoms with Gasteiger partial charge < -0.3 is 14.8 Å². The van der Waals surface area contributed by atoms with Crippen LogP contribution in [0.5, 0.6) is 5.75 Å². The SMILES string of the molecule is CCCNCc1cc(F)ccc1OCCN1CCOCC1. The van der Waals surface area contributed by atoms with Gasteiger partial charge in [0.15, 0.2) is 0 Å². The van der Waals surface area contributed by atoms with Crippen molar-refractivity contribution in [1.29, 1.82) is 0 Å². The molecule has 0 saturated carbocycles. The van der Waals surface area contributed by atoms with Crippen LogP contribution in [0.4, 0.5) is 4.39 Å². The van der Waals surface area contributed by atoms with Crippen molar-refractivity contribution < 1.29 is 13.9 Å². The lowest BCUT2D eigenvalue weighted by molar-refractivity contribution is 0.0322. The Morgan fingerprint density at radius 3 is 2.90 bits per heavy atom. The first kappa shape index (κ1) is 16.2. The molecule has 4 nitrogen and oxygen atoms in total. The monoisotopic (exact) mass is 296 g/mol. The molecular formula is C16H25FN2O2. The highest BCUT2D eigenvalue weighted by molar-refractivity contribution is 5.33. The third-order valence-corrected chi connectivity index (χ3v) is 3.53. The molecule has 1 fully saturated rings. The maximum atomic E-state index is 13.4. The van der Waals surface area contributed by atoms with E-state index < -0.39 is 0 Å². The zero-order valence-corrected chi connectivity index (χ0v) is 12.7. The average Bonchev–Trinajstić information content (AvgIpc) is 2.51. The van der Waals surface area contributed by atoms with E-state index in [1.165, 1.54) is 6.07 Å². The molecule has 0 spiro atoms. The van der Waals surface area contributed by atoms with Crippen LogP contribution in [-0.4, -0.2) is 50.9 Å². The van der Waals surface area contributed by atoms with Crippen molar-refractivity contribution in [2.45, 2.75) is 19.9 Å². The molecule has 1 aliphatic rings. The van der Waals surface area contributed by atoms with Gasteiger partial charge in [-0.3, -0.25) is 4.90 Å². The normalized spacial score (nSPS) is 16.1. The number of morpholine rings is 1. The number of nitrogens with zero attached hydrogens (tertiary/aromatic N) is 1. The minimum atomic E-state index is -0.219. The summed E-state index contributed by atoms with van der Waals surface area (Å²) in [5, 5.41) is 3.29. The van der Waals surface area contributed by atoms with Crippen LogP contribution in [0.1, 0.15) is 18.9 Å². The van der Waals surface area contributed by atoms with E-state index in [9.17, 15) is 4.39 Å². The zero-order valence-electron chi connectivity index (χ0n) is 12.7. The Hall–Kier alpha value is -1.17. The molecular weight excluding hydrogens is 271 g/mol. The van der Waals surface area contributed by atoms with Gasteiger partial charge in [0.25, 0.3) is 0 Å². The van der Waals surface area contributed by atoms with Crippen LogP contribution in [0.15, 0.2) is 18.2 Å². The molecule has 0 bridgehead atoms. The molecule has 0 atom stereocenters. The van der Waals surface area contributed by atoms with Gasteiger partial charge >= 0.3 is 0 Å². The topological polar surface area (TPSA) is 33.7 Å². The predicted octanol–water partition coefficient (Wildman–Crippen LogP) is 2.04. The highest BCUT2D eigenvalue weighted by Gasteiger charge is 2.11. The lowest BCUT2D eigenvalue weighted by Gasteiger charge is -2.26. The second-order valence-electron chi connectivity index (χ2n) is 5.23. The van der Waals surface area contributed by atoms with Crippen molar-refractivity contribution in [3.05, 3.63) is 29.6 Å². The van der Waals surface area contributed by atoms with Crippen molar-refractivity contribution in [1.82, 2.24) is 10.2 Å². The van der Waals surface area contributed by atoms with E-state index in [4.69, 9.17) is 9.47 Å². The van der Waals surface area contributed by atoms with E-state index in [1.54, 1.807) is 12.1 Å². The standard InChI is InChI=1S/C16H25FN2O2/c1-2-5-18-13-14-12-15(17)3-4-16(14)21-11-8-19-6-9-20-10-7-19/h3-4,12,18H,2,5-11,13H2,1H3. The van der Waals surface area contributed by atoms with Gasteiger partial charge in [-0.2, -0.15) is 0 Å². The second kappa shape index (κ2) is 8.97. The fourth-order valence-electron chi connectivity index (χ4n) is 2.34. The van der Waals surface area contributed by atoms with E-state index >= 15 is 0 Å². The quantitative estimate of drug-likeness (QED) is 0.744. The second-order valence-corrected chi connectivity index (χ2v) is 5.23. The Kier molecular flexibility index (Phi) is 6.92. The summed E-state index contributed by atoms with van der Waals surface area (Å²) in [6.07, 6.45) is 1.06. The molecule has 0 amide bonds. The molecule has 1 aliphatic heterocycles. The Balaban J connectivity index is 1.82. The largest absolute Gasteiger partial charge is 0.492 e. The van der Waals surface area contributed by atoms with Crippen LogP contribution in [-0.2, 0) is 11.3 Å². The molecule has 1 heterocycles. The Morgan fingerprint density at radius 1 is 1.33 bits per heavy atom. The van der Waals surface area contributed by atoms with Crippen molar-refractivity contribution >= 4 is 0 Å². The molecule has 1 aromatic rings. The molecule has 0 aromatic heterocycles. The number of hydrogen-bond donors (Lipinski definition) is 1. The summed E-state index contributed by atoms with van der Waals surface area (Å²) in [6, 6.07) is 4.72. The molecule has 1 saturated heterocycles. The minimum absolute atomic E-state index is 0.219. The third kappa shape index (κ3) is 5.61. The van der Waals surface area contributed by atoms with Gasteiger partial charge in [0.1, 0.15) is 18.2 Å². The molecule has 0 radical (unpaired) electrons. The first-order valence-corrected chi connectivity index (χ1v) is 7.71. The molecule has 2 rings (SSSR count). The summed E-state index contributed by atoms with van der Waals surface area (Å²) in [5.74, 6) is 0.553.